The number of aliphatic carboxylic acids is 1. The van der Waals surface area contributed by atoms with Crippen molar-refractivity contribution >= 4 is 29.3 Å². The van der Waals surface area contributed by atoms with Crippen molar-refractivity contribution in [2.45, 2.75) is 50.5 Å². The molecular formula is C27H29ClO4S. The summed E-state index contributed by atoms with van der Waals surface area (Å²) in [5.74, 6) is 2.13. The van der Waals surface area contributed by atoms with Crippen molar-refractivity contribution in [1.29, 1.82) is 0 Å². The van der Waals surface area contributed by atoms with Gasteiger partial charge in [0.25, 0.3) is 0 Å². The molecule has 1 N–H and O–H groups in total. The number of benzene rings is 3. The lowest BCUT2D eigenvalue weighted by Gasteiger charge is -2.18. The average Bonchev–Trinajstić information content (AvgIpc) is 2.80. The molecule has 33 heavy (non-hydrogen) atoms. The van der Waals surface area contributed by atoms with E-state index in [2.05, 4.69) is 25.1 Å². The van der Waals surface area contributed by atoms with E-state index in [1.165, 1.54) is 10.5 Å². The van der Waals surface area contributed by atoms with Crippen molar-refractivity contribution in [3.8, 4) is 17.2 Å². The van der Waals surface area contributed by atoms with Gasteiger partial charge in [-0.3, -0.25) is 4.79 Å². The first-order chi connectivity index (χ1) is 15.9. The number of aryl methyl sites for hydroxylation is 2. The SMILES string of the molecule is CCc1cc(SCC[C@@H](C)Oc2ccc(Cl)cc2Oc2ccccc2)ccc1CCC(=O)O. The summed E-state index contributed by atoms with van der Waals surface area (Å²) in [6.07, 6.45) is 2.49. The van der Waals surface area contributed by atoms with Gasteiger partial charge in [0.05, 0.1) is 6.10 Å². The molecule has 0 aliphatic carbocycles. The smallest absolute Gasteiger partial charge is 0.303 e. The number of rotatable bonds is 12. The highest BCUT2D eigenvalue weighted by Crippen LogP contribution is 2.35. The molecule has 0 unspecified atom stereocenters. The Bertz CT molecular complexity index is 1060. The van der Waals surface area contributed by atoms with Crippen LogP contribution in [0.25, 0.3) is 0 Å². The van der Waals surface area contributed by atoms with Gasteiger partial charge in [0.15, 0.2) is 11.5 Å². The Morgan fingerprint density at radius 3 is 2.55 bits per heavy atom. The van der Waals surface area contributed by atoms with E-state index in [0.29, 0.717) is 22.9 Å². The van der Waals surface area contributed by atoms with Gasteiger partial charge in [0, 0.05) is 28.2 Å². The van der Waals surface area contributed by atoms with E-state index >= 15 is 0 Å². The van der Waals surface area contributed by atoms with Crippen LogP contribution in [-0.4, -0.2) is 22.9 Å². The highest BCUT2D eigenvalue weighted by molar-refractivity contribution is 7.99. The predicted molar refractivity (Wildman–Crippen MR) is 135 cm³/mol. The van der Waals surface area contributed by atoms with E-state index in [9.17, 15) is 4.79 Å². The molecule has 3 aromatic carbocycles. The fourth-order valence-electron chi connectivity index (χ4n) is 3.40. The number of para-hydroxylation sites is 1. The van der Waals surface area contributed by atoms with E-state index < -0.39 is 5.97 Å². The molecule has 0 radical (unpaired) electrons. The predicted octanol–water partition coefficient (Wildman–Crippen LogP) is 7.66. The van der Waals surface area contributed by atoms with Crippen LogP contribution in [0.15, 0.2) is 71.6 Å². The van der Waals surface area contributed by atoms with Gasteiger partial charge < -0.3 is 14.6 Å². The molecule has 3 rings (SSSR count). The first kappa shape index (κ1) is 25.0. The maximum atomic E-state index is 10.9. The second-order valence-corrected chi connectivity index (χ2v) is 9.35. The molecule has 0 bridgehead atoms. The number of thioether (sulfide) groups is 1. The van der Waals surface area contributed by atoms with Crippen LogP contribution in [0.2, 0.25) is 5.02 Å². The average molecular weight is 485 g/mol. The molecule has 6 heteroatoms. The molecule has 0 fully saturated rings. The molecule has 4 nitrogen and oxygen atoms in total. The summed E-state index contributed by atoms with van der Waals surface area (Å²) in [7, 11) is 0. The van der Waals surface area contributed by atoms with Crippen LogP contribution in [0.1, 0.15) is 37.8 Å². The molecule has 0 saturated heterocycles. The van der Waals surface area contributed by atoms with Crippen LogP contribution in [-0.2, 0) is 17.6 Å². The standard InChI is InChI=1S/C27H29ClO4S/c1-3-20-17-24(12-9-21(20)10-14-27(29)30)33-16-15-19(2)31-25-13-11-22(28)18-26(25)32-23-7-5-4-6-8-23/h4-9,11-13,17-19H,3,10,14-16H2,1-2H3,(H,29,30)/t19-/m1/s1. The zero-order valence-corrected chi connectivity index (χ0v) is 20.5. The quantitative estimate of drug-likeness (QED) is 0.267. The minimum atomic E-state index is -0.762. The van der Waals surface area contributed by atoms with Crippen molar-refractivity contribution in [3.05, 3.63) is 82.9 Å². The van der Waals surface area contributed by atoms with Crippen LogP contribution >= 0.6 is 23.4 Å². The highest BCUT2D eigenvalue weighted by Gasteiger charge is 2.12. The summed E-state index contributed by atoms with van der Waals surface area (Å²) in [4.78, 5) is 12.1. The van der Waals surface area contributed by atoms with E-state index in [1.54, 1.807) is 23.9 Å². The minimum absolute atomic E-state index is 0.00251. The van der Waals surface area contributed by atoms with Crippen LogP contribution in [0.4, 0.5) is 0 Å². The summed E-state index contributed by atoms with van der Waals surface area (Å²) in [6, 6.07) is 21.3. The van der Waals surface area contributed by atoms with E-state index in [1.807, 2.05) is 43.3 Å². The first-order valence-corrected chi connectivity index (χ1v) is 12.5. The zero-order valence-electron chi connectivity index (χ0n) is 18.9. The molecule has 0 saturated carbocycles. The molecule has 0 amide bonds. The number of carboxylic acids is 1. The molecule has 3 aromatic rings. The largest absolute Gasteiger partial charge is 0.487 e. The molecule has 1 atom stereocenters. The van der Waals surface area contributed by atoms with Crippen molar-refractivity contribution < 1.29 is 19.4 Å². The molecule has 0 aliphatic rings. The summed E-state index contributed by atoms with van der Waals surface area (Å²) in [5.41, 5.74) is 2.34. The molecule has 0 heterocycles. The van der Waals surface area contributed by atoms with Gasteiger partial charge in [-0.15, -0.1) is 11.8 Å². The van der Waals surface area contributed by atoms with Gasteiger partial charge in [0.2, 0.25) is 0 Å². The Hall–Kier alpha value is -2.63. The van der Waals surface area contributed by atoms with Gasteiger partial charge in [-0.1, -0.05) is 42.8 Å². The molecule has 174 valence electrons. The van der Waals surface area contributed by atoms with Gasteiger partial charge in [-0.25, -0.2) is 0 Å². The second kappa shape index (κ2) is 12.6. The fraction of sp³-hybridized carbons (Fsp3) is 0.296. The lowest BCUT2D eigenvalue weighted by atomic mass is 10.0. The summed E-state index contributed by atoms with van der Waals surface area (Å²) >= 11 is 7.96. The monoisotopic (exact) mass is 484 g/mol. The summed E-state index contributed by atoms with van der Waals surface area (Å²) in [6.45, 7) is 4.15. The van der Waals surface area contributed by atoms with Crippen molar-refractivity contribution in [3.63, 3.8) is 0 Å². The van der Waals surface area contributed by atoms with Gasteiger partial charge in [-0.05, 0) is 73.7 Å². The fourth-order valence-corrected chi connectivity index (χ4v) is 4.64. The highest BCUT2D eigenvalue weighted by atomic mass is 35.5. The number of carboxylic acid groups (broad SMARTS) is 1. The third-order valence-corrected chi connectivity index (χ3v) is 6.43. The topological polar surface area (TPSA) is 55.8 Å². The van der Waals surface area contributed by atoms with Crippen LogP contribution in [0.3, 0.4) is 0 Å². The third-order valence-electron chi connectivity index (χ3n) is 5.16. The number of halogens is 1. The van der Waals surface area contributed by atoms with Gasteiger partial charge >= 0.3 is 5.97 Å². The second-order valence-electron chi connectivity index (χ2n) is 7.75. The third kappa shape index (κ3) is 8.02. The lowest BCUT2D eigenvalue weighted by Crippen LogP contribution is -2.13. The maximum absolute atomic E-state index is 10.9. The normalized spacial score (nSPS) is 11.7. The van der Waals surface area contributed by atoms with Gasteiger partial charge in [-0.2, -0.15) is 0 Å². The Morgan fingerprint density at radius 1 is 1.03 bits per heavy atom. The van der Waals surface area contributed by atoms with Crippen LogP contribution < -0.4 is 9.47 Å². The Morgan fingerprint density at radius 2 is 1.82 bits per heavy atom. The minimum Gasteiger partial charge on any atom is -0.487 e. The lowest BCUT2D eigenvalue weighted by molar-refractivity contribution is -0.136. The maximum Gasteiger partial charge on any atom is 0.303 e. The number of ether oxygens (including phenoxy) is 2. The van der Waals surface area contributed by atoms with Crippen molar-refractivity contribution in [2.24, 2.45) is 0 Å². The number of hydrogen-bond acceptors (Lipinski definition) is 4. The van der Waals surface area contributed by atoms with E-state index in [0.717, 1.165) is 29.9 Å². The van der Waals surface area contributed by atoms with Gasteiger partial charge in [0.1, 0.15) is 5.75 Å². The Balaban J connectivity index is 1.55. The van der Waals surface area contributed by atoms with Crippen molar-refractivity contribution in [2.75, 3.05) is 5.75 Å². The van der Waals surface area contributed by atoms with E-state index in [-0.39, 0.29) is 12.5 Å². The van der Waals surface area contributed by atoms with E-state index in [4.69, 9.17) is 26.2 Å². The Kier molecular flexibility index (Phi) is 9.52. The first-order valence-electron chi connectivity index (χ1n) is 11.1. The number of hydrogen-bond donors (Lipinski definition) is 1. The van der Waals surface area contributed by atoms with Crippen molar-refractivity contribution in [1.82, 2.24) is 0 Å². The number of carbonyl (C=O) groups is 1. The molecule has 0 spiro atoms. The Labute approximate surface area is 204 Å². The molecular weight excluding hydrogens is 456 g/mol. The summed E-state index contributed by atoms with van der Waals surface area (Å²) in [5, 5.41) is 9.53. The summed E-state index contributed by atoms with van der Waals surface area (Å²) < 4.78 is 12.2. The zero-order chi connectivity index (χ0) is 23.6. The van der Waals surface area contributed by atoms with Crippen LogP contribution in [0.5, 0.6) is 17.2 Å². The molecule has 0 aliphatic heterocycles. The molecule has 0 aromatic heterocycles. The van der Waals surface area contributed by atoms with Crippen LogP contribution in [0, 0.1) is 0 Å².